The molecule has 2 unspecified atom stereocenters. The van der Waals surface area contributed by atoms with Crippen LogP contribution in [0.5, 0.6) is 5.75 Å². The second-order valence-electron chi connectivity index (χ2n) is 6.35. The average molecular weight is 291 g/mol. The van der Waals surface area contributed by atoms with E-state index in [0.29, 0.717) is 0 Å². The van der Waals surface area contributed by atoms with Crippen LogP contribution < -0.4 is 10.1 Å². The van der Waals surface area contributed by atoms with Crippen LogP contribution in [-0.2, 0) is 4.74 Å². The normalized spacial score (nSPS) is 23.3. The van der Waals surface area contributed by atoms with Crippen molar-refractivity contribution in [1.82, 2.24) is 5.32 Å². The maximum Gasteiger partial charge on any atom is 0.124 e. The second kappa shape index (κ2) is 6.80. The molecule has 1 heterocycles. The maximum atomic E-state index is 6.12. The number of hydrogen-bond donors (Lipinski definition) is 1. The molecule has 21 heavy (non-hydrogen) atoms. The van der Waals surface area contributed by atoms with Crippen molar-refractivity contribution in [2.45, 2.75) is 58.6 Å². The fraction of sp³-hybridized carbons (Fsp3) is 0.667. The number of benzene rings is 1. The van der Waals surface area contributed by atoms with E-state index in [-0.39, 0.29) is 11.6 Å². The van der Waals surface area contributed by atoms with Crippen molar-refractivity contribution in [3.63, 3.8) is 0 Å². The Morgan fingerprint density at radius 3 is 2.71 bits per heavy atom. The van der Waals surface area contributed by atoms with Crippen molar-refractivity contribution in [2.24, 2.45) is 0 Å². The fourth-order valence-electron chi connectivity index (χ4n) is 3.42. The third kappa shape index (κ3) is 3.41. The first-order valence-electron chi connectivity index (χ1n) is 8.04. The smallest absolute Gasteiger partial charge is 0.124 e. The van der Waals surface area contributed by atoms with Crippen LogP contribution in [0.2, 0.25) is 0 Å². The van der Waals surface area contributed by atoms with Gasteiger partial charge in [-0.15, -0.1) is 0 Å². The number of hydrogen-bond acceptors (Lipinski definition) is 3. The van der Waals surface area contributed by atoms with E-state index in [1.54, 1.807) is 7.11 Å². The lowest BCUT2D eigenvalue weighted by molar-refractivity contribution is -0.0132. The van der Waals surface area contributed by atoms with Crippen LogP contribution in [0.15, 0.2) is 12.1 Å². The van der Waals surface area contributed by atoms with Gasteiger partial charge in [0.25, 0.3) is 0 Å². The minimum Gasteiger partial charge on any atom is -0.496 e. The first-order valence-corrected chi connectivity index (χ1v) is 8.04. The summed E-state index contributed by atoms with van der Waals surface area (Å²) >= 11 is 0. The van der Waals surface area contributed by atoms with E-state index in [1.807, 2.05) is 0 Å². The van der Waals surface area contributed by atoms with Crippen LogP contribution in [0.3, 0.4) is 0 Å². The van der Waals surface area contributed by atoms with Gasteiger partial charge in [0.1, 0.15) is 5.75 Å². The van der Waals surface area contributed by atoms with Crippen molar-refractivity contribution in [3.8, 4) is 5.75 Å². The summed E-state index contributed by atoms with van der Waals surface area (Å²) in [5.41, 5.74) is 3.61. The largest absolute Gasteiger partial charge is 0.496 e. The van der Waals surface area contributed by atoms with Crippen LogP contribution in [0.25, 0.3) is 0 Å². The third-order valence-corrected chi connectivity index (χ3v) is 4.46. The van der Waals surface area contributed by atoms with Gasteiger partial charge < -0.3 is 14.8 Å². The quantitative estimate of drug-likeness (QED) is 0.861. The second-order valence-corrected chi connectivity index (χ2v) is 6.35. The highest BCUT2D eigenvalue weighted by molar-refractivity contribution is 5.46. The van der Waals surface area contributed by atoms with E-state index >= 15 is 0 Å². The molecule has 0 spiro atoms. The van der Waals surface area contributed by atoms with Crippen molar-refractivity contribution < 1.29 is 9.47 Å². The standard InChI is InChI=1S/C18H29NO2/c1-6-9-19-17(18(4)8-7-10-21-18)16-14(3)11-13(2)12-15(16)20-5/h11-12,17,19H,6-10H2,1-5H3. The van der Waals surface area contributed by atoms with Crippen LogP contribution in [0.4, 0.5) is 0 Å². The van der Waals surface area contributed by atoms with Crippen molar-refractivity contribution in [2.75, 3.05) is 20.3 Å². The number of nitrogens with one attached hydrogen (secondary N) is 1. The molecule has 1 aromatic rings. The average Bonchev–Trinajstić information content (AvgIpc) is 2.88. The van der Waals surface area contributed by atoms with Crippen LogP contribution in [-0.4, -0.2) is 25.9 Å². The summed E-state index contributed by atoms with van der Waals surface area (Å²) < 4.78 is 11.8. The van der Waals surface area contributed by atoms with Gasteiger partial charge in [-0.25, -0.2) is 0 Å². The predicted molar refractivity (Wildman–Crippen MR) is 87.1 cm³/mol. The molecule has 1 fully saturated rings. The molecule has 0 bridgehead atoms. The molecule has 1 N–H and O–H groups in total. The molecule has 0 amide bonds. The Hall–Kier alpha value is -1.06. The summed E-state index contributed by atoms with van der Waals surface area (Å²) in [6.45, 7) is 10.5. The van der Waals surface area contributed by atoms with Crippen molar-refractivity contribution >= 4 is 0 Å². The van der Waals surface area contributed by atoms with Gasteiger partial charge in [0.15, 0.2) is 0 Å². The van der Waals surface area contributed by atoms with E-state index in [0.717, 1.165) is 38.2 Å². The van der Waals surface area contributed by atoms with Gasteiger partial charge in [-0.2, -0.15) is 0 Å². The van der Waals surface area contributed by atoms with E-state index in [1.165, 1.54) is 16.7 Å². The molecule has 0 aromatic heterocycles. The molecule has 1 saturated heterocycles. The Kier molecular flexibility index (Phi) is 5.28. The van der Waals surface area contributed by atoms with Gasteiger partial charge in [-0.3, -0.25) is 0 Å². The van der Waals surface area contributed by atoms with Crippen LogP contribution in [0.1, 0.15) is 55.8 Å². The van der Waals surface area contributed by atoms with Gasteiger partial charge in [0.2, 0.25) is 0 Å². The highest BCUT2D eigenvalue weighted by Crippen LogP contribution is 2.42. The molecule has 3 nitrogen and oxygen atoms in total. The van der Waals surface area contributed by atoms with Crippen LogP contribution >= 0.6 is 0 Å². The molecular formula is C18H29NO2. The molecule has 1 aromatic carbocycles. The minimum absolute atomic E-state index is 0.150. The summed E-state index contributed by atoms with van der Waals surface area (Å²) in [5.74, 6) is 0.970. The summed E-state index contributed by atoms with van der Waals surface area (Å²) in [7, 11) is 1.76. The number of methoxy groups -OCH3 is 1. The summed E-state index contributed by atoms with van der Waals surface area (Å²) in [6.07, 6.45) is 3.33. The molecular weight excluding hydrogens is 262 g/mol. The van der Waals surface area contributed by atoms with Gasteiger partial charge in [0.05, 0.1) is 18.8 Å². The zero-order valence-corrected chi connectivity index (χ0v) is 14.1. The Morgan fingerprint density at radius 1 is 1.38 bits per heavy atom. The Bertz CT molecular complexity index is 478. The Morgan fingerprint density at radius 2 is 2.14 bits per heavy atom. The maximum absolute atomic E-state index is 6.12. The van der Waals surface area contributed by atoms with Gasteiger partial charge in [0, 0.05) is 12.2 Å². The van der Waals surface area contributed by atoms with E-state index in [9.17, 15) is 0 Å². The van der Waals surface area contributed by atoms with Crippen molar-refractivity contribution in [1.29, 1.82) is 0 Å². The number of rotatable bonds is 6. The zero-order valence-electron chi connectivity index (χ0n) is 14.1. The topological polar surface area (TPSA) is 30.5 Å². The Balaban J connectivity index is 2.45. The molecule has 1 aliphatic heterocycles. The fourth-order valence-corrected chi connectivity index (χ4v) is 3.42. The molecule has 2 rings (SSSR count). The molecule has 118 valence electrons. The minimum atomic E-state index is -0.150. The predicted octanol–water partition coefficient (Wildman–Crippen LogP) is 3.92. The SMILES string of the molecule is CCCNC(c1c(C)cc(C)cc1OC)C1(C)CCCO1. The van der Waals surface area contributed by atoms with Crippen LogP contribution in [0, 0.1) is 13.8 Å². The van der Waals surface area contributed by atoms with Crippen molar-refractivity contribution in [3.05, 3.63) is 28.8 Å². The lowest BCUT2D eigenvalue weighted by atomic mass is 9.84. The zero-order chi connectivity index (χ0) is 15.5. The highest BCUT2D eigenvalue weighted by atomic mass is 16.5. The molecule has 0 aliphatic carbocycles. The highest BCUT2D eigenvalue weighted by Gasteiger charge is 2.40. The van der Waals surface area contributed by atoms with E-state index in [4.69, 9.17) is 9.47 Å². The van der Waals surface area contributed by atoms with Gasteiger partial charge in [-0.1, -0.05) is 13.0 Å². The summed E-state index contributed by atoms with van der Waals surface area (Å²) in [4.78, 5) is 0. The van der Waals surface area contributed by atoms with E-state index in [2.05, 4.69) is 45.1 Å². The molecule has 1 aliphatic rings. The molecule has 0 saturated carbocycles. The molecule has 3 heteroatoms. The first kappa shape index (κ1) is 16.3. The lowest BCUT2D eigenvalue weighted by Crippen LogP contribution is -2.42. The molecule has 0 radical (unpaired) electrons. The lowest BCUT2D eigenvalue weighted by Gasteiger charge is -2.36. The summed E-state index contributed by atoms with van der Waals surface area (Å²) in [6, 6.07) is 4.54. The van der Waals surface area contributed by atoms with Gasteiger partial charge >= 0.3 is 0 Å². The van der Waals surface area contributed by atoms with Gasteiger partial charge in [-0.05, 0) is 63.8 Å². The number of aryl methyl sites for hydroxylation is 2. The monoisotopic (exact) mass is 291 g/mol. The Labute approximate surface area is 129 Å². The molecule has 2 atom stereocenters. The third-order valence-electron chi connectivity index (χ3n) is 4.46. The summed E-state index contributed by atoms with van der Waals surface area (Å²) in [5, 5.41) is 3.70. The van der Waals surface area contributed by atoms with E-state index < -0.39 is 0 Å². The number of ether oxygens (including phenoxy) is 2. The first-order chi connectivity index (χ1) is 10.0.